The van der Waals surface area contributed by atoms with Crippen molar-refractivity contribution in [1.29, 1.82) is 0 Å². The average Bonchev–Trinajstić information content (AvgIpc) is 3.11. The maximum Gasteiger partial charge on any atom is 0.258 e. The average molecular weight is 346 g/mol. The van der Waals surface area contributed by atoms with Crippen LogP contribution in [0.2, 0.25) is 0 Å². The molecule has 0 aliphatic heterocycles. The lowest BCUT2D eigenvalue weighted by Crippen LogP contribution is -2.13. The second-order valence-corrected chi connectivity index (χ2v) is 5.92. The highest BCUT2D eigenvalue weighted by Gasteiger charge is 2.08. The molecule has 1 N–H and O–H groups in total. The Bertz CT molecular complexity index is 1070. The number of benzene rings is 1. The molecule has 3 heterocycles. The number of anilines is 1. The van der Waals surface area contributed by atoms with Crippen molar-refractivity contribution in [3.63, 3.8) is 0 Å². The molecule has 6 heteroatoms. The van der Waals surface area contributed by atoms with Crippen molar-refractivity contribution in [1.82, 2.24) is 14.4 Å². The van der Waals surface area contributed by atoms with Crippen LogP contribution >= 0.6 is 0 Å². The quantitative estimate of drug-likeness (QED) is 0.613. The van der Waals surface area contributed by atoms with E-state index in [-0.39, 0.29) is 11.7 Å². The number of rotatable bonds is 4. The van der Waals surface area contributed by atoms with Crippen molar-refractivity contribution >= 4 is 17.4 Å². The van der Waals surface area contributed by atoms with Crippen LogP contribution in [0.3, 0.4) is 0 Å². The van der Waals surface area contributed by atoms with Crippen LogP contribution in [0.15, 0.2) is 73.3 Å². The lowest BCUT2D eigenvalue weighted by Gasteiger charge is -2.07. The minimum Gasteiger partial charge on any atom is -0.307 e. The molecule has 0 saturated heterocycles. The van der Waals surface area contributed by atoms with E-state index in [0.717, 1.165) is 16.8 Å². The largest absolute Gasteiger partial charge is 0.307 e. The number of hydrogen-bond donors (Lipinski definition) is 1. The van der Waals surface area contributed by atoms with E-state index in [0.29, 0.717) is 17.8 Å². The summed E-state index contributed by atoms with van der Waals surface area (Å²) in [6.45, 7) is 0. The topological polar surface area (TPSA) is 59.3 Å². The first-order valence-electron chi connectivity index (χ1n) is 8.11. The summed E-state index contributed by atoms with van der Waals surface area (Å²) in [7, 11) is 0. The number of imidazole rings is 1. The van der Waals surface area contributed by atoms with Gasteiger partial charge in [-0.05, 0) is 47.9 Å². The fourth-order valence-corrected chi connectivity index (χ4v) is 2.73. The van der Waals surface area contributed by atoms with Gasteiger partial charge in [0.2, 0.25) is 0 Å². The van der Waals surface area contributed by atoms with Crippen LogP contribution in [0.5, 0.6) is 0 Å². The molecule has 0 saturated carbocycles. The molecule has 4 rings (SSSR count). The number of amides is 1. The minimum atomic E-state index is -0.255. The first-order chi connectivity index (χ1) is 12.7. The molecule has 0 bridgehead atoms. The maximum atomic E-state index is 13.2. The van der Waals surface area contributed by atoms with Crippen LogP contribution in [0.25, 0.3) is 5.65 Å². The van der Waals surface area contributed by atoms with Crippen molar-refractivity contribution in [2.24, 2.45) is 0 Å². The van der Waals surface area contributed by atoms with Gasteiger partial charge in [0.05, 0.1) is 5.56 Å². The van der Waals surface area contributed by atoms with Crippen molar-refractivity contribution in [2.45, 2.75) is 6.42 Å². The Balaban J connectivity index is 1.45. The number of nitrogens with one attached hydrogen (secondary N) is 1. The van der Waals surface area contributed by atoms with Gasteiger partial charge < -0.3 is 9.72 Å². The molecule has 0 aliphatic carbocycles. The molecule has 26 heavy (non-hydrogen) atoms. The first kappa shape index (κ1) is 16.0. The van der Waals surface area contributed by atoms with Gasteiger partial charge in [-0.2, -0.15) is 0 Å². The Hall–Kier alpha value is -3.54. The van der Waals surface area contributed by atoms with Crippen LogP contribution in [-0.2, 0) is 6.42 Å². The highest BCUT2D eigenvalue weighted by molar-refractivity contribution is 6.03. The number of carbonyl (C=O) groups excluding carboxylic acids is 1. The molecular weight excluding hydrogens is 331 g/mol. The highest BCUT2D eigenvalue weighted by Crippen LogP contribution is 2.13. The summed E-state index contributed by atoms with van der Waals surface area (Å²) in [5.41, 5.74) is 3.10. The summed E-state index contributed by atoms with van der Waals surface area (Å²) in [5, 5.41) is 2.77. The van der Waals surface area contributed by atoms with Gasteiger partial charge in [0, 0.05) is 24.8 Å². The lowest BCUT2D eigenvalue weighted by atomic mass is 10.1. The molecule has 0 aliphatic rings. The normalized spacial score (nSPS) is 10.8. The van der Waals surface area contributed by atoms with E-state index in [1.165, 1.54) is 12.1 Å². The van der Waals surface area contributed by atoms with Crippen LogP contribution in [0.1, 0.15) is 21.5 Å². The smallest absolute Gasteiger partial charge is 0.258 e. The third-order valence-corrected chi connectivity index (χ3v) is 4.01. The maximum absolute atomic E-state index is 13.2. The van der Waals surface area contributed by atoms with E-state index < -0.39 is 0 Å². The summed E-state index contributed by atoms with van der Waals surface area (Å²) in [5.74, 6) is -0.0381. The molecular formula is C20H15FN4O. The molecule has 0 atom stereocenters. The van der Waals surface area contributed by atoms with Crippen LogP contribution in [0, 0.1) is 5.82 Å². The van der Waals surface area contributed by atoms with Gasteiger partial charge in [-0.3, -0.25) is 4.79 Å². The van der Waals surface area contributed by atoms with E-state index in [2.05, 4.69) is 15.3 Å². The minimum absolute atomic E-state index is 0.244. The summed E-state index contributed by atoms with van der Waals surface area (Å²) >= 11 is 0. The van der Waals surface area contributed by atoms with Crippen LogP contribution in [-0.4, -0.2) is 20.3 Å². The fraction of sp³-hybridized carbons (Fsp3) is 0.0500. The standard InChI is InChI=1S/C20H15FN4O/c21-17-3-1-2-14(11-17)10-15-4-6-18(23-12-15)24-20(26)16-5-7-19-22-8-9-25(19)13-16/h1-9,11-13H,10H2,(H,23,24,26). The second-order valence-electron chi connectivity index (χ2n) is 5.92. The zero-order valence-electron chi connectivity index (χ0n) is 13.8. The second kappa shape index (κ2) is 6.76. The van der Waals surface area contributed by atoms with Crippen LogP contribution in [0.4, 0.5) is 10.2 Å². The van der Waals surface area contributed by atoms with Crippen molar-refractivity contribution < 1.29 is 9.18 Å². The van der Waals surface area contributed by atoms with Gasteiger partial charge in [0.1, 0.15) is 17.3 Å². The summed E-state index contributed by atoms with van der Waals surface area (Å²) in [4.78, 5) is 20.8. The zero-order valence-corrected chi connectivity index (χ0v) is 13.8. The molecule has 0 radical (unpaired) electrons. The number of carbonyl (C=O) groups is 1. The van der Waals surface area contributed by atoms with E-state index in [9.17, 15) is 9.18 Å². The highest BCUT2D eigenvalue weighted by atomic mass is 19.1. The monoisotopic (exact) mass is 346 g/mol. The van der Waals surface area contributed by atoms with Crippen LogP contribution < -0.4 is 5.32 Å². The lowest BCUT2D eigenvalue weighted by molar-refractivity contribution is 0.102. The first-order valence-corrected chi connectivity index (χ1v) is 8.11. The van der Waals surface area contributed by atoms with Gasteiger partial charge in [-0.25, -0.2) is 14.4 Å². The van der Waals surface area contributed by atoms with Crippen molar-refractivity contribution in [3.8, 4) is 0 Å². The molecule has 4 aromatic rings. The molecule has 0 unspecified atom stereocenters. The molecule has 128 valence electrons. The summed E-state index contributed by atoms with van der Waals surface area (Å²) < 4.78 is 15.0. The summed E-state index contributed by atoms with van der Waals surface area (Å²) in [6, 6.07) is 13.6. The van der Waals surface area contributed by atoms with E-state index in [4.69, 9.17) is 0 Å². The van der Waals surface area contributed by atoms with Gasteiger partial charge in [0.25, 0.3) is 5.91 Å². The number of pyridine rings is 2. The van der Waals surface area contributed by atoms with E-state index in [1.807, 2.05) is 12.1 Å². The van der Waals surface area contributed by atoms with Gasteiger partial charge >= 0.3 is 0 Å². The molecule has 1 aromatic carbocycles. The Morgan fingerprint density at radius 3 is 2.81 bits per heavy atom. The third kappa shape index (κ3) is 3.44. The number of aromatic nitrogens is 3. The number of hydrogen-bond acceptors (Lipinski definition) is 3. The predicted octanol–water partition coefficient (Wildman–Crippen LogP) is 3.71. The summed E-state index contributed by atoms with van der Waals surface area (Å²) in [6.07, 6.45) is 7.44. The molecule has 0 spiro atoms. The van der Waals surface area contributed by atoms with E-state index in [1.54, 1.807) is 53.5 Å². The number of halogens is 1. The fourth-order valence-electron chi connectivity index (χ4n) is 2.73. The molecule has 5 nitrogen and oxygen atoms in total. The van der Waals surface area contributed by atoms with Gasteiger partial charge in [-0.15, -0.1) is 0 Å². The van der Waals surface area contributed by atoms with Crippen molar-refractivity contribution in [2.75, 3.05) is 5.32 Å². The molecule has 1 amide bonds. The van der Waals surface area contributed by atoms with Gasteiger partial charge in [-0.1, -0.05) is 18.2 Å². The van der Waals surface area contributed by atoms with Crippen molar-refractivity contribution in [3.05, 3.63) is 95.8 Å². The van der Waals surface area contributed by atoms with E-state index >= 15 is 0 Å². The number of nitrogens with zero attached hydrogens (tertiary/aromatic N) is 3. The Kier molecular flexibility index (Phi) is 4.15. The predicted molar refractivity (Wildman–Crippen MR) is 96.6 cm³/mol. The molecule has 3 aromatic heterocycles. The Morgan fingerprint density at radius 1 is 1.08 bits per heavy atom. The Labute approximate surface area is 149 Å². The SMILES string of the molecule is O=C(Nc1ccc(Cc2cccc(F)c2)cn1)c1ccc2nccn2c1. The third-order valence-electron chi connectivity index (χ3n) is 4.01. The number of fused-ring (bicyclic) bond motifs is 1. The van der Waals surface area contributed by atoms with Gasteiger partial charge in [0.15, 0.2) is 0 Å². The Morgan fingerprint density at radius 2 is 2.00 bits per heavy atom. The zero-order chi connectivity index (χ0) is 17.9. The molecule has 0 fully saturated rings.